The van der Waals surface area contributed by atoms with Crippen LogP contribution in [0.1, 0.15) is 11.1 Å². The van der Waals surface area contributed by atoms with Gasteiger partial charge in [-0.05, 0) is 76.9 Å². The highest BCUT2D eigenvalue weighted by Crippen LogP contribution is 2.37. The van der Waals surface area contributed by atoms with Crippen LogP contribution in [-0.2, 0) is 10.0 Å². The number of hydrogen-bond donors (Lipinski definition) is 4. The number of aromatic nitrogens is 1. The number of rotatable bonds is 6. The second kappa shape index (κ2) is 10.6. The number of oxime groups is 2. The van der Waals surface area contributed by atoms with Gasteiger partial charge in [-0.2, -0.15) is 0 Å². The van der Waals surface area contributed by atoms with Crippen molar-refractivity contribution in [2.45, 2.75) is 4.90 Å². The summed E-state index contributed by atoms with van der Waals surface area (Å²) in [7, 11) is -4.21. The molecular weight excluding hydrogens is 569 g/mol. The van der Waals surface area contributed by atoms with Gasteiger partial charge in [0.25, 0.3) is 10.0 Å². The monoisotopic (exact) mass is 593 g/mol. The third-order valence-corrected chi connectivity index (χ3v) is 8.98. The maximum absolute atomic E-state index is 14.1. The topological polar surface area (TPSA) is 156 Å². The van der Waals surface area contributed by atoms with Gasteiger partial charge in [0.05, 0.1) is 15.9 Å². The number of benzene rings is 5. The largest absolute Gasteiger partial charge is 0.409 e. The van der Waals surface area contributed by atoms with Crippen LogP contribution >= 0.6 is 0 Å². The van der Waals surface area contributed by atoms with Crippen molar-refractivity contribution in [3.63, 3.8) is 0 Å². The lowest BCUT2D eigenvalue weighted by Gasteiger charge is -2.10. The summed E-state index contributed by atoms with van der Waals surface area (Å²) in [5.74, 6) is -0.749. The minimum Gasteiger partial charge on any atom is -0.409 e. The molecule has 11 heteroatoms. The zero-order valence-corrected chi connectivity index (χ0v) is 23.2. The zero-order valence-electron chi connectivity index (χ0n) is 22.4. The fraction of sp³-hybridized carbons (Fsp3) is 0. The molecule has 1 aromatic heterocycles. The summed E-state index contributed by atoms with van der Waals surface area (Å²) in [6, 6.07) is 29.8. The molecule has 0 bridgehead atoms. The molecule has 214 valence electrons. The molecule has 1 heterocycles. The maximum atomic E-state index is 14.1. The van der Waals surface area contributed by atoms with Crippen LogP contribution in [0.2, 0.25) is 0 Å². The SMILES string of the molecule is N/C(=N\O)c1cccc(-c2ccc3c(c2)c2cc(-c4cccc(/C(N)=N/O)c4)ccc2n3S(=O)(=O)c2cccc(F)c2)c1. The predicted molar refractivity (Wildman–Crippen MR) is 164 cm³/mol. The molecule has 5 aromatic carbocycles. The van der Waals surface area contributed by atoms with Crippen molar-refractivity contribution in [2.24, 2.45) is 21.8 Å². The van der Waals surface area contributed by atoms with Crippen LogP contribution in [0.25, 0.3) is 44.1 Å². The smallest absolute Gasteiger partial charge is 0.268 e. The van der Waals surface area contributed by atoms with E-state index in [1.54, 1.807) is 60.7 Å². The van der Waals surface area contributed by atoms with Crippen LogP contribution in [0.4, 0.5) is 4.39 Å². The van der Waals surface area contributed by atoms with Crippen LogP contribution in [0.3, 0.4) is 0 Å². The van der Waals surface area contributed by atoms with Crippen LogP contribution in [0.15, 0.2) is 124 Å². The number of nitrogens with two attached hydrogens (primary N) is 2. The van der Waals surface area contributed by atoms with Gasteiger partial charge in [0, 0.05) is 21.9 Å². The van der Waals surface area contributed by atoms with Crippen molar-refractivity contribution >= 4 is 43.5 Å². The molecule has 9 nitrogen and oxygen atoms in total. The van der Waals surface area contributed by atoms with Gasteiger partial charge in [-0.3, -0.25) is 0 Å². The van der Waals surface area contributed by atoms with Crippen molar-refractivity contribution in [3.8, 4) is 22.3 Å². The van der Waals surface area contributed by atoms with E-state index < -0.39 is 15.8 Å². The van der Waals surface area contributed by atoms with Gasteiger partial charge in [0.15, 0.2) is 11.7 Å². The fourth-order valence-corrected chi connectivity index (χ4v) is 6.73. The molecule has 0 saturated carbocycles. The van der Waals surface area contributed by atoms with Gasteiger partial charge in [-0.15, -0.1) is 0 Å². The third kappa shape index (κ3) is 4.81. The molecule has 0 aliphatic rings. The van der Waals surface area contributed by atoms with Crippen molar-refractivity contribution in [3.05, 3.63) is 126 Å². The van der Waals surface area contributed by atoms with Crippen LogP contribution in [0, 0.1) is 5.82 Å². The summed E-state index contributed by atoms with van der Waals surface area (Å²) >= 11 is 0. The summed E-state index contributed by atoms with van der Waals surface area (Å²) in [6.07, 6.45) is 0. The van der Waals surface area contributed by atoms with E-state index in [2.05, 4.69) is 10.3 Å². The molecule has 0 unspecified atom stereocenters. The molecule has 0 spiro atoms. The molecule has 0 aliphatic heterocycles. The maximum Gasteiger partial charge on any atom is 0.268 e. The molecule has 6 rings (SSSR count). The van der Waals surface area contributed by atoms with Gasteiger partial charge in [-0.1, -0.05) is 64.9 Å². The highest BCUT2D eigenvalue weighted by molar-refractivity contribution is 7.90. The average Bonchev–Trinajstić information content (AvgIpc) is 3.38. The second-order valence-corrected chi connectivity index (χ2v) is 11.6. The molecule has 0 amide bonds. The van der Waals surface area contributed by atoms with E-state index in [1.165, 1.54) is 22.2 Å². The molecule has 0 radical (unpaired) electrons. The lowest BCUT2D eigenvalue weighted by molar-refractivity contribution is 0.318. The predicted octanol–water partition coefficient (Wildman–Crippen LogP) is 5.69. The summed E-state index contributed by atoms with van der Waals surface area (Å²) < 4.78 is 43.3. The Morgan fingerprint density at radius 3 is 1.56 bits per heavy atom. The highest BCUT2D eigenvalue weighted by atomic mass is 32.2. The van der Waals surface area contributed by atoms with E-state index in [9.17, 15) is 12.8 Å². The Bertz CT molecular complexity index is 2110. The molecule has 6 aromatic rings. The van der Waals surface area contributed by atoms with Gasteiger partial charge >= 0.3 is 0 Å². The Labute approximate surface area is 245 Å². The Morgan fingerprint density at radius 1 is 0.628 bits per heavy atom. The Kier molecular flexibility index (Phi) is 6.79. The molecule has 0 saturated heterocycles. The average molecular weight is 594 g/mol. The van der Waals surface area contributed by atoms with Crippen LogP contribution < -0.4 is 11.5 Å². The minimum absolute atomic E-state index is 0.0422. The quantitative estimate of drug-likeness (QED) is 0.0841. The van der Waals surface area contributed by atoms with Crippen LogP contribution in [-0.4, -0.2) is 34.5 Å². The van der Waals surface area contributed by atoms with E-state index in [4.69, 9.17) is 21.9 Å². The summed E-state index contributed by atoms with van der Waals surface area (Å²) in [6.45, 7) is 0. The summed E-state index contributed by atoms with van der Waals surface area (Å²) in [4.78, 5) is -0.183. The van der Waals surface area contributed by atoms with E-state index in [0.717, 1.165) is 28.3 Å². The number of nitrogens with zero attached hydrogens (tertiary/aromatic N) is 3. The molecule has 6 N–H and O–H groups in total. The van der Waals surface area contributed by atoms with E-state index in [0.29, 0.717) is 32.9 Å². The first-order valence-electron chi connectivity index (χ1n) is 13.0. The van der Waals surface area contributed by atoms with Gasteiger partial charge < -0.3 is 21.9 Å². The molecular formula is C32H24FN5O4S. The molecule has 0 fully saturated rings. The second-order valence-electron chi connectivity index (χ2n) is 9.82. The molecule has 43 heavy (non-hydrogen) atoms. The van der Waals surface area contributed by atoms with Gasteiger partial charge in [0.1, 0.15) is 5.82 Å². The fourth-order valence-electron chi connectivity index (χ4n) is 5.17. The Balaban J connectivity index is 1.63. The van der Waals surface area contributed by atoms with E-state index >= 15 is 0 Å². The standard InChI is InChI=1S/C32H24FN5O4S/c33-25-8-3-9-26(18-25)43(41,42)38-29-12-10-21(19-4-1-6-23(14-19)31(34)36-39)16-27(29)28-17-22(11-13-30(28)38)20-5-2-7-24(15-20)32(35)37-40/h1-18,39-40H,(H2,34,36)(H2,35,37). The lowest BCUT2D eigenvalue weighted by atomic mass is 9.98. The first-order chi connectivity index (χ1) is 20.7. The number of amidine groups is 2. The van der Waals surface area contributed by atoms with Crippen molar-refractivity contribution in [1.82, 2.24) is 3.97 Å². The number of hydrogen-bond acceptors (Lipinski definition) is 6. The first kappa shape index (κ1) is 27.5. The van der Waals surface area contributed by atoms with Gasteiger partial charge in [-0.25, -0.2) is 16.8 Å². The lowest BCUT2D eigenvalue weighted by Crippen LogP contribution is -2.13. The van der Waals surface area contributed by atoms with Crippen molar-refractivity contribution in [1.29, 1.82) is 0 Å². The van der Waals surface area contributed by atoms with Crippen molar-refractivity contribution < 1.29 is 23.2 Å². The summed E-state index contributed by atoms with van der Waals surface area (Å²) in [5, 5.41) is 25.7. The Morgan fingerprint density at radius 2 is 1.09 bits per heavy atom. The first-order valence-corrected chi connectivity index (χ1v) is 14.4. The Hall–Kier alpha value is -5.68. The zero-order chi connectivity index (χ0) is 30.3. The molecule has 0 aliphatic carbocycles. The normalized spacial score (nSPS) is 12.7. The number of fused-ring (bicyclic) bond motifs is 3. The number of halogens is 1. The van der Waals surface area contributed by atoms with Crippen LogP contribution in [0.5, 0.6) is 0 Å². The van der Waals surface area contributed by atoms with Gasteiger partial charge in [0.2, 0.25) is 0 Å². The minimum atomic E-state index is -4.21. The van der Waals surface area contributed by atoms with E-state index in [1.807, 2.05) is 24.3 Å². The third-order valence-electron chi connectivity index (χ3n) is 7.25. The highest BCUT2D eigenvalue weighted by Gasteiger charge is 2.24. The van der Waals surface area contributed by atoms with Crippen molar-refractivity contribution in [2.75, 3.05) is 0 Å². The van der Waals surface area contributed by atoms with E-state index in [-0.39, 0.29) is 16.6 Å². The summed E-state index contributed by atoms with van der Waals surface area (Å²) in [5.41, 5.74) is 16.5. The molecule has 0 atom stereocenters.